The Hall–Kier alpha value is -1.36. The number of rotatable bonds is 3. The molecule has 0 radical (unpaired) electrons. The standard InChI is InChI=1S/C14H18N2O2S/c1-10(8-11-4-3-7-19-11)16-9-13(17)15-6-2-5-12(15)14(16)18/h3-4,7,10,12H,2,5-6,8-9H2,1H3. The molecule has 0 aromatic carbocycles. The summed E-state index contributed by atoms with van der Waals surface area (Å²) in [6, 6.07) is 4.01. The van der Waals surface area contributed by atoms with Crippen molar-refractivity contribution in [2.45, 2.75) is 38.3 Å². The van der Waals surface area contributed by atoms with E-state index >= 15 is 0 Å². The summed E-state index contributed by atoms with van der Waals surface area (Å²) in [4.78, 5) is 29.3. The maximum atomic E-state index is 12.5. The summed E-state index contributed by atoms with van der Waals surface area (Å²) < 4.78 is 0. The maximum Gasteiger partial charge on any atom is 0.246 e. The number of amides is 2. The van der Waals surface area contributed by atoms with Gasteiger partial charge in [0, 0.05) is 23.9 Å². The Morgan fingerprint density at radius 2 is 2.32 bits per heavy atom. The number of carbonyl (C=O) groups excluding carboxylic acids is 2. The molecule has 0 N–H and O–H groups in total. The van der Waals surface area contributed by atoms with Crippen molar-refractivity contribution in [1.29, 1.82) is 0 Å². The summed E-state index contributed by atoms with van der Waals surface area (Å²) >= 11 is 1.70. The molecule has 19 heavy (non-hydrogen) atoms. The predicted octanol–water partition coefficient (Wildman–Crippen LogP) is 1.51. The van der Waals surface area contributed by atoms with Crippen LogP contribution in [0.3, 0.4) is 0 Å². The normalized spacial score (nSPS) is 24.8. The van der Waals surface area contributed by atoms with Crippen molar-refractivity contribution < 1.29 is 9.59 Å². The molecule has 0 bridgehead atoms. The van der Waals surface area contributed by atoms with Crippen molar-refractivity contribution in [3.05, 3.63) is 22.4 Å². The zero-order valence-electron chi connectivity index (χ0n) is 11.0. The largest absolute Gasteiger partial charge is 0.329 e. The first-order valence-corrected chi connectivity index (χ1v) is 7.67. The number of piperazine rings is 1. The second-order valence-electron chi connectivity index (χ2n) is 5.34. The fourth-order valence-corrected chi connectivity index (χ4v) is 3.86. The second-order valence-corrected chi connectivity index (χ2v) is 6.38. The van der Waals surface area contributed by atoms with Gasteiger partial charge in [-0.2, -0.15) is 0 Å². The molecule has 2 aliphatic rings. The Morgan fingerprint density at radius 1 is 1.47 bits per heavy atom. The smallest absolute Gasteiger partial charge is 0.246 e. The summed E-state index contributed by atoms with van der Waals surface area (Å²) in [6.07, 6.45) is 2.62. The number of fused-ring (bicyclic) bond motifs is 1. The first-order valence-electron chi connectivity index (χ1n) is 6.79. The highest BCUT2D eigenvalue weighted by atomic mass is 32.1. The van der Waals surface area contributed by atoms with Crippen molar-refractivity contribution in [2.24, 2.45) is 0 Å². The van der Waals surface area contributed by atoms with Crippen molar-refractivity contribution >= 4 is 23.2 Å². The van der Waals surface area contributed by atoms with E-state index in [1.807, 2.05) is 18.4 Å². The molecule has 2 fully saturated rings. The van der Waals surface area contributed by atoms with Gasteiger partial charge in [-0.05, 0) is 31.2 Å². The van der Waals surface area contributed by atoms with Crippen molar-refractivity contribution in [3.8, 4) is 0 Å². The van der Waals surface area contributed by atoms with Gasteiger partial charge in [0.15, 0.2) is 0 Å². The Kier molecular flexibility index (Phi) is 3.31. The van der Waals surface area contributed by atoms with E-state index in [9.17, 15) is 9.59 Å². The lowest BCUT2D eigenvalue weighted by Gasteiger charge is -2.39. The average Bonchev–Trinajstić information content (AvgIpc) is 3.03. The van der Waals surface area contributed by atoms with Gasteiger partial charge < -0.3 is 9.80 Å². The minimum absolute atomic E-state index is 0.0952. The Labute approximate surface area is 117 Å². The van der Waals surface area contributed by atoms with Crippen LogP contribution >= 0.6 is 11.3 Å². The van der Waals surface area contributed by atoms with Gasteiger partial charge in [-0.1, -0.05) is 6.07 Å². The summed E-state index contributed by atoms with van der Waals surface area (Å²) in [7, 11) is 0. The van der Waals surface area contributed by atoms with Crippen LogP contribution in [-0.2, 0) is 16.0 Å². The van der Waals surface area contributed by atoms with Crippen molar-refractivity contribution in [3.63, 3.8) is 0 Å². The Balaban J connectivity index is 1.73. The van der Waals surface area contributed by atoms with E-state index in [0.29, 0.717) is 0 Å². The topological polar surface area (TPSA) is 40.6 Å². The van der Waals surface area contributed by atoms with Crippen molar-refractivity contribution in [1.82, 2.24) is 9.80 Å². The number of nitrogens with zero attached hydrogens (tertiary/aromatic N) is 2. The quantitative estimate of drug-likeness (QED) is 0.841. The average molecular weight is 278 g/mol. The molecule has 2 aliphatic heterocycles. The van der Waals surface area contributed by atoms with E-state index in [2.05, 4.69) is 6.07 Å². The molecule has 2 saturated heterocycles. The first kappa shape index (κ1) is 12.7. The van der Waals surface area contributed by atoms with Gasteiger partial charge in [0.1, 0.15) is 12.6 Å². The predicted molar refractivity (Wildman–Crippen MR) is 73.9 cm³/mol. The molecule has 3 rings (SSSR count). The van der Waals surface area contributed by atoms with E-state index in [4.69, 9.17) is 0 Å². The van der Waals surface area contributed by atoms with E-state index in [1.54, 1.807) is 21.1 Å². The lowest BCUT2D eigenvalue weighted by Crippen LogP contribution is -2.59. The molecule has 4 nitrogen and oxygen atoms in total. The second kappa shape index (κ2) is 4.96. The molecule has 1 aromatic heterocycles. The van der Waals surface area contributed by atoms with Crippen molar-refractivity contribution in [2.75, 3.05) is 13.1 Å². The number of carbonyl (C=O) groups is 2. The fraction of sp³-hybridized carbons (Fsp3) is 0.571. The van der Waals surface area contributed by atoms with E-state index < -0.39 is 0 Å². The van der Waals surface area contributed by atoms with Crippen LogP contribution in [0.25, 0.3) is 0 Å². The lowest BCUT2D eigenvalue weighted by molar-refractivity contribution is -0.155. The summed E-state index contributed by atoms with van der Waals surface area (Å²) in [5.41, 5.74) is 0. The highest BCUT2D eigenvalue weighted by Gasteiger charge is 2.43. The van der Waals surface area contributed by atoms with Crippen LogP contribution in [0.5, 0.6) is 0 Å². The molecule has 102 valence electrons. The molecular weight excluding hydrogens is 260 g/mol. The molecule has 2 atom stereocenters. The van der Waals surface area contributed by atoms with Gasteiger partial charge in [-0.25, -0.2) is 0 Å². The lowest BCUT2D eigenvalue weighted by atomic mass is 10.1. The van der Waals surface area contributed by atoms with E-state index in [-0.39, 0.29) is 30.4 Å². The molecule has 3 heterocycles. The monoisotopic (exact) mass is 278 g/mol. The Bertz CT molecular complexity index is 486. The molecule has 0 spiro atoms. The SMILES string of the molecule is CC(Cc1cccs1)N1CC(=O)N2CCCC2C1=O. The van der Waals surface area contributed by atoms with Gasteiger partial charge in [0.05, 0.1) is 0 Å². The van der Waals surface area contributed by atoms with E-state index in [0.717, 1.165) is 25.8 Å². The maximum absolute atomic E-state index is 12.5. The van der Waals surface area contributed by atoms with Gasteiger partial charge in [-0.3, -0.25) is 9.59 Å². The third kappa shape index (κ3) is 2.27. The molecular formula is C14H18N2O2S. The summed E-state index contributed by atoms with van der Waals surface area (Å²) in [6.45, 7) is 3.04. The molecule has 5 heteroatoms. The summed E-state index contributed by atoms with van der Waals surface area (Å²) in [5, 5.41) is 2.05. The van der Waals surface area contributed by atoms with Crippen LogP contribution in [0.1, 0.15) is 24.6 Å². The zero-order chi connectivity index (χ0) is 13.4. The Morgan fingerprint density at radius 3 is 3.05 bits per heavy atom. The minimum Gasteiger partial charge on any atom is -0.329 e. The van der Waals surface area contributed by atoms with Gasteiger partial charge in [0.2, 0.25) is 11.8 Å². The summed E-state index contributed by atoms with van der Waals surface area (Å²) in [5.74, 6) is 0.251. The molecule has 0 aliphatic carbocycles. The zero-order valence-corrected chi connectivity index (χ0v) is 11.9. The van der Waals surface area contributed by atoms with E-state index in [1.165, 1.54) is 4.88 Å². The molecule has 1 aromatic rings. The molecule has 0 saturated carbocycles. The van der Waals surface area contributed by atoms with Crippen LogP contribution in [0.15, 0.2) is 17.5 Å². The van der Waals surface area contributed by atoms with Crippen LogP contribution < -0.4 is 0 Å². The highest BCUT2D eigenvalue weighted by Crippen LogP contribution is 2.26. The minimum atomic E-state index is -0.188. The third-order valence-corrected chi connectivity index (χ3v) is 4.95. The van der Waals surface area contributed by atoms with Crippen LogP contribution in [0.2, 0.25) is 0 Å². The van der Waals surface area contributed by atoms with Crippen LogP contribution in [0.4, 0.5) is 0 Å². The number of hydrogen-bond acceptors (Lipinski definition) is 3. The van der Waals surface area contributed by atoms with Gasteiger partial charge >= 0.3 is 0 Å². The third-order valence-electron chi connectivity index (χ3n) is 4.06. The number of hydrogen-bond donors (Lipinski definition) is 0. The van der Waals surface area contributed by atoms with Crippen LogP contribution in [-0.4, -0.2) is 46.8 Å². The first-order chi connectivity index (χ1) is 9.16. The molecule has 2 amide bonds. The number of thiophene rings is 1. The van der Waals surface area contributed by atoms with Gasteiger partial charge in [-0.15, -0.1) is 11.3 Å². The fourth-order valence-electron chi connectivity index (χ4n) is 3.03. The van der Waals surface area contributed by atoms with Crippen LogP contribution in [0, 0.1) is 0 Å². The molecule has 2 unspecified atom stereocenters. The highest BCUT2D eigenvalue weighted by molar-refractivity contribution is 7.09. The van der Waals surface area contributed by atoms with Gasteiger partial charge in [0.25, 0.3) is 0 Å².